The first-order chi connectivity index (χ1) is 0. The van der Waals surface area contributed by atoms with Gasteiger partial charge in [-0.3, -0.25) is 0 Å². The molecule has 24 valence electrons. The summed E-state index contributed by atoms with van der Waals surface area (Å²) < 4.78 is 0. The maximum atomic E-state index is 0. The second kappa shape index (κ2) is 20.0. The molecule has 4 heavy (non-hydrogen) atoms. The van der Waals surface area contributed by atoms with Gasteiger partial charge in [-0.15, -0.1) is 0 Å². The van der Waals surface area contributed by atoms with Crippen LogP contribution in [0.2, 0.25) is 0 Å². The molecule has 0 unspecified atom stereocenters. The van der Waals surface area contributed by atoms with Crippen LogP contribution < -0.4 is 35.7 Å². The van der Waals surface area contributed by atoms with Gasteiger partial charge in [-0.2, -0.15) is 0 Å². The van der Waals surface area contributed by atoms with Crippen molar-refractivity contribution in [2.45, 2.75) is 0 Å². The van der Waals surface area contributed by atoms with E-state index in [1.54, 1.807) is 0 Å². The molecule has 0 amide bonds. The average molecular weight is 152 g/mol. The first-order valence-electron chi connectivity index (χ1n) is 0. The second-order valence-corrected chi connectivity index (χ2v) is 0. The Balaban J connectivity index is 0. The number of rotatable bonds is 0. The summed E-state index contributed by atoms with van der Waals surface area (Å²) in [6.45, 7) is 0. The molecule has 0 aromatic heterocycles. The van der Waals surface area contributed by atoms with Crippen LogP contribution in [0.15, 0.2) is 0 Å². The van der Waals surface area contributed by atoms with E-state index < -0.39 is 0 Å². The molecule has 1 nitrogen and oxygen atoms in total. The van der Waals surface area contributed by atoms with Gasteiger partial charge in [0.15, 0.2) is 0 Å². The summed E-state index contributed by atoms with van der Waals surface area (Å²) in [5.74, 6) is 0. The molecule has 0 aliphatic carbocycles. The molecular formula is H3Fe2NNa+. The molecule has 0 saturated heterocycles. The Bertz CT molecular complexity index is 6.00. The topological polar surface area (TPSA) is 35.0 Å². The minimum Gasteiger partial charge on any atom is -0.344 e. The molecule has 0 heterocycles. The number of hydrogen-bond donors (Lipinski definition) is 1. The van der Waals surface area contributed by atoms with E-state index in [4.69, 9.17) is 0 Å². The first kappa shape index (κ1) is 37.5. The summed E-state index contributed by atoms with van der Waals surface area (Å²) in [6.07, 6.45) is 0. The smallest absolute Gasteiger partial charge is 0.344 e. The van der Waals surface area contributed by atoms with Gasteiger partial charge in [0.25, 0.3) is 0 Å². The van der Waals surface area contributed by atoms with Gasteiger partial charge in [-0.1, -0.05) is 0 Å². The summed E-state index contributed by atoms with van der Waals surface area (Å²) >= 11 is 0. The van der Waals surface area contributed by atoms with E-state index in [0.29, 0.717) is 0 Å². The third kappa shape index (κ3) is 9.00. The Labute approximate surface area is 69.1 Å². The molecule has 0 atom stereocenters. The molecule has 0 radical (unpaired) electrons. The van der Waals surface area contributed by atoms with Crippen molar-refractivity contribution in [3.05, 3.63) is 0 Å². The first-order valence-corrected chi connectivity index (χ1v) is 0. The van der Waals surface area contributed by atoms with E-state index in [-0.39, 0.29) is 69.8 Å². The van der Waals surface area contributed by atoms with E-state index in [1.807, 2.05) is 0 Å². The van der Waals surface area contributed by atoms with Gasteiger partial charge in [0, 0.05) is 34.1 Å². The van der Waals surface area contributed by atoms with Gasteiger partial charge in [0.2, 0.25) is 0 Å². The van der Waals surface area contributed by atoms with E-state index in [0.717, 1.165) is 0 Å². The third-order valence-electron chi connectivity index (χ3n) is 0. The van der Waals surface area contributed by atoms with E-state index in [9.17, 15) is 0 Å². The maximum Gasteiger partial charge on any atom is 1.00 e. The summed E-state index contributed by atoms with van der Waals surface area (Å²) in [6, 6.07) is 0. The van der Waals surface area contributed by atoms with Crippen LogP contribution in [0.5, 0.6) is 0 Å². The third-order valence-corrected chi connectivity index (χ3v) is 0. The summed E-state index contributed by atoms with van der Waals surface area (Å²) in [4.78, 5) is 0. The standard InChI is InChI=1S/2Fe.H3N.Na/h;;1H3;/q;;;+1. The van der Waals surface area contributed by atoms with E-state index in [1.165, 1.54) is 0 Å². The fourth-order valence-electron chi connectivity index (χ4n) is 0. The van der Waals surface area contributed by atoms with Gasteiger partial charge < -0.3 is 6.15 Å². The molecule has 0 fully saturated rings. The Kier molecular flexibility index (Phi) is 188. The molecule has 4 heteroatoms. The predicted octanol–water partition coefficient (Wildman–Crippen LogP) is -2.84. The fourth-order valence-corrected chi connectivity index (χ4v) is 0. The SMILES string of the molecule is N.[Fe].[Fe].[Na+]. The average Bonchev–Trinajstić information content (AvgIpc) is 0. The summed E-state index contributed by atoms with van der Waals surface area (Å²) in [7, 11) is 0. The molecule has 0 rings (SSSR count). The molecule has 0 saturated carbocycles. The number of hydrogen-bond acceptors (Lipinski definition) is 1. The molecule has 0 aliphatic heterocycles. The van der Waals surface area contributed by atoms with Crippen molar-refractivity contribution in [2.24, 2.45) is 0 Å². The van der Waals surface area contributed by atoms with Gasteiger partial charge in [0.05, 0.1) is 0 Å². The second-order valence-electron chi connectivity index (χ2n) is 0. The molecular weight excluding hydrogens is 149 g/mol. The van der Waals surface area contributed by atoms with Gasteiger partial charge in [-0.25, -0.2) is 0 Å². The van der Waals surface area contributed by atoms with E-state index in [2.05, 4.69) is 0 Å². The Morgan fingerprint density at radius 1 is 0.750 bits per heavy atom. The zero-order chi connectivity index (χ0) is 0. The summed E-state index contributed by atoms with van der Waals surface area (Å²) in [5, 5.41) is 0. The molecule has 0 aromatic carbocycles. The van der Waals surface area contributed by atoms with Crippen LogP contribution in [0, 0.1) is 0 Å². The Hall–Kier alpha value is 2.00. The molecule has 0 aromatic rings. The van der Waals surface area contributed by atoms with Crippen molar-refractivity contribution in [2.75, 3.05) is 0 Å². The van der Waals surface area contributed by atoms with Gasteiger partial charge in [0.1, 0.15) is 0 Å². The van der Waals surface area contributed by atoms with Crippen molar-refractivity contribution in [1.82, 2.24) is 6.15 Å². The van der Waals surface area contributed by atoms with Crippen LogP contribution in [-0.2, 0) is 34.1 Å². The predicted molar refractivity (Wildman–Crippen MR) is 5.02 cm³/mol. The quantitative estimate of drug-likeness (QED) is 0.372. The zero-order valence-electron chi connectivity index (χ0n) is 2.41. The van der Waals surface area contributed by atoms with Crippen LogP contribution in [0.4, 0.5) is 0 Å². The van der Waals surface area contributed by atoms with Crippen molar-refractivity contribution in [3.8, 4) is 0 Å². The minimum absolute atomic E-state index is 0. The van der Waals surface area contributed by atoms with Crippen LogP contribution >= 0.6 is 0 Å². The van der Waals surface area contributed by atoms with Crippen LogP contribution in [0.25, 0.3) is 0 Å². The van der Waals surface area contributed by atoms with Crippen LogP contribution in [0.1, 0.15) is 0 Å². The molecule has 0 bridgehead atoms. The van der Waals surface area contributed by atoms with Gasteiger partial charge >= 0.3 is 29.6 Å². The van der Waals surface area contributed by atoms with Crippen molar-refractivity contribution < 1.29 is 63.7 Å². The Morgan fingerprint density at radius 2 is 0.750 bits per heavy atom. The molecule has 3 N–H and O–H groups in total. The minimum atomic E-state index is 0. The largest absolute Gasteiger partial charge is 1.00 e. The fraction of sp³-hybridized carbons (Fsp3) is 0. The van der Waals surface area contributed by atoms with Crippen molar-refractivity contribution in [3.63, 3.8) is 0 Å². The zero-order valence-corrected chi connectivity index (χ0v) is 6.62. The maximum absolute atomic E-state index is 0. The summed E-state index contributed by atoms with van der Waals surface area (Å²) in [5.41, 5.74) is 0. The normalized spacial score (nSPS) is 0. The van der Waals surface area contributed by atoms with E-state index >= 15 is 0 Å². The van der Waals surface area contributed by atoms with Gasteiger partial charge in [-0.05, 0) is 0 Å². The molecule has 0 spiro atoms. The Morgan fingerprint density at radius 3 is 0.750 bits per heavy atom. The molecule has 0 aliphatic rings. The van der Waals surface area contributed by atoms with Crippen LogP contribution in [-0.4, -0.2) is 0 Å². The van der Waals surface area contributed by atoms with Crippen molar-refractivity contribution >= 4 is 0 Å². The monoisotopic (exact) mass is 152 g/mol. The van der Waals surface area contributed by atoms with Crippen LogP contribution in [0.3, 0.4) is 0 Å². The van der Waals surface area contributed by atoms with Crippen molar-refractivity contribution in [1.29, 1.82) is 0 Å².